The molecule has 1 aliphatic heterocycles. The highest BCUT2D eigenvalue weighted by atomic mass is 32.1. The molecule has 0 unspecified atom stereocenters. The molecule has 0 saturated carbocycles. The van der Waals surface area contributed by atoms with Gasteiger partial charge in [0.15, 0.2) is 0 Å². The van der Waals surface area contributed by atoms with Crippen molar-refractivity contribution in [3.63, 3.8) is 0 Å². The third-order valence-corrected chi connectivity index (χ3v) is 4.35. The van der Waals surface area contributed by atoms with E-state index in [1.165, 1.54) is 29.7 Å². The molecule has 0 aromatic carbocycles. The molecule has 3 rings (SSSR count). The number of nitrogens with one attached hydrogen (secondary N) is 1. The van der Waals surface area contributed by atoms with Crippen LogP contribution in [-0.2, 0) is 6.42 Å². The number of pyridine rings is 1. The smallest absolute Gasteiger partial charge is 0.124 e. The third-order valence-electron chi connectivity index (χ3n) is 3.45. The Morgan fingerprint density at radius 2 is 2.44 bits per heavy atom. The zero-order chi connectivity index (χ0) is 12.4. The largest absolute Gasteiger partial charge is 0.309 e. The van der Waals surface area contributed by atoms with Crippen molar-refractivity contribution in [3.8, 4) is 10.6 Å². The van der Waals surface area contributed by atoms with E-state index in [0.29, 0.717) is 6.04 Å². The first kappa shape index (κ1) is 11.8. The van der Waals surface area contributed by atoms with Crippen LogP contribution >= 0.6 is 11.3 Å². The third kappa shape index (κ3) is 2.18. The monoisotopic (exact) mass is 259 g/mol. The standard InChI is InChI=1S/C14H17N3S/c1-2-10-8-15-7-5-11(10)14-17-13(9-18-14)12-4-3-6-16-12/h5,7-9,12,16H,2-4,6H2,1H3/t12-/m0/s1. The van der Waals surface area contributed by atoms with E-state index in [1.807, 2.05) is 12.4 Å². The lowest BCUT2D eigenvalue weighted by Crippen LogP contribution is -2.12. The Labute approximate surface area is 111 Å². The fraction of sp³-hybridized carbons (Fsp3) is 0.429. The molecule has 0 spiro atoms. The Morgan fingerprint density at radius 3 is 3.22 bits per heavy atom. The van der Waals surface area contributed by atoms with Gasteiger partial charge in [-0.05, 0) is 37.4 Å². The highest BCUT2D eigenvalue weighted by molar-refractivity contribution is 7.13. The van der Waals surface area contributed by atoms with Gasteiger partial charge in [-0.25, -0.2) is 4.98 Å². The number of thiazole rings is 1. The molecule has 0 aliphatic carbocycles. The van der Waals surface area contributed by atoms with E-state index in [-0.39, 0.29) is 0 Å². The summed E-state index contributed by atoms with van der Waals surface area (Å²) in [6.07, 6.45) is 7.26. The molecule has 3 nitrogen and oxygen atoms in total. The molecule has 4 heteroatoms. The molecule has 0 radical (unpaired) electrons. The average Bonchev–Trinajstić information content (AvgIpc) is 3.09. The van der Waals surface area contributed by atoms with Crippen LogP contribution in [-0.4, -0.2) is 16.5 Å². The van der Waals surface area contributed by atoms with Crippen molar-refractivity contribution in [1.29, 1.82) is 0 Å². The molecule has 18 heavy (non-hydrogen) atoms. The van der Waals surface area contributed by atoms with E-state index in [2.05, 4.69) is 28.7 Å². The van der Waals surface area contributed by atoms with E-state index in [1.54, 1.807) is 11.3 Å². The molecule has 2 aromatic heterocycles. The summed E-state index contributed by atoms with van der Waals surface area (Å²) >= 11 is 1.74. The second kappa shape index (κ2) is 5.16. The molecule has 0 amide bonds. The highest BCUT2D eigenvalue weighted by Crippen LogP contribution is 2.31. The normalized spacial score (nSPS) is 19.3. The number of hydrogen-bond acceptors (Lipinski definition) is 4. The summed E-state index contributed by atoms with van der Waals surface area (Å²) in [7, 11) is 0. The lowest BCUT2D eigenvalue weighted by molar-refractivity contribution is 0.632. The Hall–Kier alpha value is -1.26. The van der Waals surface area contributed by atoms with Gasteiger partial charge < -0.3 is 5.32 Å². The first-order valence-corrected chi connectivity index (χ1v) is 7.38. The summed E-state index contributed by atoms with van der Waals surface area (Å²) in [6, 6.07) is 2.53. The van der Waals surface area contributed by atoms with Gasteiger partial charge in [0.1, 0.15) is 5.01 Å². The maximum absolute atomic E-state index is 4.80. The molecule has 1 saturated heterocycles. The summed E-state index contributed by atoms with van der Waals surface area (Å²) in [5, 5.41) is 6.81. The predicted molar refractivity (Wildman–Crippen MR) is 74.7 cm³/mol. The lowest BCUT2D eigenvalue weighted by Gasteiger charge is -2.06. The molecule has 1 fully saturated rings. The van der Waals surface area contributed by atoms with Crippen molar-refractivity contribution in [3.05, 3.63) is 35.1 Å². The quantitative estimate of drug-likeness (QED) is 0.920. The van der Waals surface area contributed by atoms with Crippen molar-refractivity contribution < 1.29 is 0 Å². The highest BCUT2D eigenvalue weighted by Gasteiger charge is 2.19. The Morgan fingerprint density at radius 1 is 1.50 bits per heavy atom. The van der Waals surface area contributed by atoms with Gasteiger partial charge in [-0.2, -0.15) is 0 Å². The van der Waals surface area contributed by atoms with Crippen molar-refractivity contribution in [1.82, 2.24) is 15.3 Å². The number of aryl methyl sites for hydroxylation is 1. The van der Waals surface area contributed by atoms with Gasteiger partial charge in [-0.1, -0.05) is 6.92 Å². The Kier molecular flexibility index (Phi) is 3.39. The lowest BCUT2D eigenvalue weighted by atomic mass is 10.1. The fourth-order valence-electron chi connectivity index (χ4n) is 2.42. The van der Waals surface area contributed by atoms with Crippen molar-refractivity contribution in [2.24, 2.45) is 0 Å². The predicted octanol–water partition coefficient (Wildman–Crippen LogP) is 3.19. The number of hydrogen-bond donors (Lipinski definition) is 1. The molecule has 94 valence electrons. The van der Waals surface area contributed by atoms with Gasteiger partial charge in [0.25, 0.3) is 0 Å². The minimum atomic E-state index is 0.460. The molecule has 1 N–H and O–H groups in total. The van der Waals surface area contributed by atoms with Crippen LogP contribution in [0.15, 0.2) is 23.8 Å². The fourth-order valence-corrected chi connectivity index (χ4v) is 3.36. The summed E-state index contributed by atoms with van der Waals surface area (Å²) in [5.74, 6) is 0. The molecular weight excluding hydrogens is 242 g/mol. The second-order valence-electron chi connectivity index (χ2n) is 4.61. The first-order chi connectivity index (χ1) is 8.88. The van der Waals surface area contributed by atoms with Crippen molar-refractivity contribution in [2.75, 3.05) is 6.54 Å². The minimum Gasteiger partial charge on any atom is -0.309 e. The number of aromatic nitrogens is 2. The van der Waals surface area contributed by atoms with Crippen LogP contribution in [0.5, 0.6) is 0 Å². The van der Waals surface area contributed by atoms with E-state index < -0.39 is 0 Å². The van der Waals surface area contributed by atoms with Gasteiger partial charge in [0.05, 0.1) is 11.7 Å². The van der Waals surface area contributed by atoms with Gasteiger partial charge in [0.2, 0.25) is 0 Å². The second-order valence-corrected chi connectivity index (χ2v) is 5.47. The summed E-state index contributed by atoms with van der Waals surface area (Å²) < 4.78 is 0. The molecule has 3 heterocycles. The maximum Gasteiger partial charge on any atom is 0.124 e. The van der Waals surface area contributed by atoms with Gasteiger partial charge in [-0.3, -0.25) is 4.98 Å². The van der Waals surface area contributed by atoms with E-state index in [4.69, 9.17) is 4.98 Å². The number of rotatable bonds is 3. The molecule has 2 aromatic rings. The summed E-state index contributed by atoms with van der Waals surface area (Å²) in [6.45, 7) is 3.28. The van der Waals surface area contributed by atoms with Crippen LogP contribution < -0.4 is 5.32 Å². The van der Waals surface area contributed by atoms with Crippen LogP contribution in [0.1, 0.15) is 37.1 Å². The first-order valence-electron chi connectivity index (χ1n) is 6.50. The zero-order valence-electron chi connectivity index (χ0n) is 10.5. The summed E-state index contributed by atoms with van der Waals surface area (Å²) in [5.41, 5.74) is 3.71. The maximum atomic E-state index is 4.80. The van der Waals surface area contributed by atoms with Gasteiger partial charge in [-0.15, -0.1) is 11.3 Å². The number of nitrogens with zero attached hydrogens (tertiary/aromatic N) is 2. The van der Waals surface area contributed by atoms with Crippen molar-refractivity contribution in [2.45, 2.75) is 32.2 Å². The summed E-state index contributed by atoms with van der Waals surface area (Å²) in [4.78, 5) is 8.99. The molecule has 1 atom stereocenters. The van der Waals surface area contributed by atoms with Gasteiger partial charge in [0, 0.05) is 23.3 Å². The van der Waals surface area contributed by atoms with E-state index >= 15 is 0 Å². The van der Waals surface area contributed by atoms with Crippen LogP contribution in [0.4, 0.5) is 0 Å². The van der Waals surface area contributed by atoms with Crippen molar-refractivity contribution >= 4 is 11.3 Å². The average molecular weight is 259 g/mol. The van der Waals surface area contributed by atoms with Crippen LogP contribution in [0.3, 0.4) is 0 Å². The molecular formula is C14H17N3S. The zero-order valence-corrected chi connectivity index (χ0v) is 11.3. The Bertz CT molecular complexity index is 529. The topological polar surface area (TPSA) is 37.8 Å². The van der Waals surface area contributed by atoms with Crippen LogP contribution in [0.2, 0.25) is 0 Å². The molecule has 0 bridgehead atoms. The van der Waals surface area contributed by atoms with Crippen LogP contribution in [0, 0.1) is 0 Å². The SMILES string of the molecule is CCc1cnccc1-c1nc([C@@H]2CCCN2)cs1. The van der Waals surface area contributed by atoms with Crippen LogP contribution in [0.25, 0.3) is 10.6 Å². The van der Waals surface area contributed by atoms with E-state index in [9.17, 15) is 0 Å². The van der Waals surface area contributed by atoms with Gasteiger partial charge >= 0.3 is 0 Å². The minimum absolute atomic E-state index is 0.460. The molecule has 1 aliphatic rings. The Balaban J connectivity index is 1.92. The van der Waals surface area contributed by atoms with E-state index in [0.717, 1.165) is 18.0 Å².